The van der Waals surface area contributed by atoms with Gasteiger partial charge in [0.15, 0.2) is 0 Å². The van der Waals surface area contributed by atoms with E-state index in [1.54, 1.807) is 25.9 Å². The summed E-state index contributed by atoms with van der Waals surface area (Å²) in [6.07, 6.45) is 0. The second-order valence-corrected chi connectivity index (χ2v) is 2.56. The van der Waals surface area contributed by atoms with E-state index in [4.69, 9.17) is 5.11 Å². The zero-order valence-electron chi connectivity index (χ0n) is 8.53. The van der Waals surface area contributed by atoms with Crippen LogP contribution in [-0.4, -0.2) is 49.2 Å². The highest BCUT2D eigenvalue weighted by molar-refractivity contribution is 5.68. The van der Waals surface area contributed by atoms with E-state index in [1.807, 2.05) is 0 Å². The average molecular weight is 191 g/mol. The normalized spacial score (nSPS) is 8.69. The van der Waals surface area contributed by atoms with Gasteiger partial charge >= 0.3 is 11.9 Å². The van der Waals surface area contributed by atoms with Crippen LogP contribution in [0, 0.1) is 0 Å². The van der Waals surface area contributed by atoms with Gasteiger partial charge in [-0.1, -0.05) is 0 Å². The summed E-state index contributed by atoms with van der Waals surface area (Å²) in [5, 5.41) is 8.04. The Kier molecular flexibility index (Phi) is 9.98. The van der Waals surface area contributed by atoms with Crippen molar-refractivity contribution in [3.63, 3.8) is 0 Å². The fourth-order valence-corrected chi connectivity index (χ4v) is 0.474. The Hall–Kier alpha value is -1.10. The van der Waals surface area contributed by atoms with Gasteiger partial charge in [-0.25, -0.2) is 0 Å². The van der Waals surface area contributed by atoms with Gasteiger partial charge in [0.1, 0.15) is 0 Å². The van der Waals surface area contributed by atoms with Crippen molar-refractivity contribution in [2.45, 2.75) is 13.8 Å². The molecule has 1 N–H and O–H groups in total. The number of aliphatic carboxylic acids is 1. The number of esters is 1. The fraction of sp³-hybridized carbons (Fsp3) is 0.750. The van der Waals surface area contributed by atoms with Crippen LogP contribution >= 0.6 is 0 Å². The van der Waals surface area contributed by atoms with Gasteiger partial charge in [-0.2, -0.15) is 0 Å². The predicted molar refractivity (Wildman–Crippen MR) is 48.5 cm³/mol. The third-order valence-corrected chi connectivity index (χ3v) is 0.799. The maximum atomic E-state index is 9.82. The monoisotopic (exact) mass is 191 g/mol. The van der Waals surface area contributed by atoms with E-state index in [1.165, 1.54) is 6.92 Å². The summed E-state index contributed by atoms with van der Waals surface area (Å²) in [6, 6.07) is 0. The molecular weight excluding hydrogens is 174 g/mol. The standard InChI is InChI=1S/C4H9NO2.C4H8O2/c1-5(2)3-4(6)7;1-3-6-4(2)5/h3H2,1-2H3,(H,6,7);3H2,1-2H3. The summed E-state index contributed by atoms with van der Waals surface area (Å²) in [5.41, 5.74) is 0. The van der Waals surface area contributed by atoms with E-state index >= 15 is 0 Å². The van der Waals surface area contributed by atoms with Crippen molar-refractivity contribution in [1.29, 1.82) is 0 Å². The summed E-state index contributed by atoms with van der Waals surface area (Å²) >= 11 is 0. The third kappa shape index (κ3) is 24.8. The van der Waals surface area contributed by atoms with Gasteiger partial charge in [-0.3, -0.25) is 14.5 Å². The number of nitrogens with zero attached hydrogens (tertiary/aromatic N) is 1. The number of carbonyl (C=O) groups is 2. The topological polar surface area (TPSA) is 66.8 Å². The molecule has 0 saturated carbocycles. The van der Waals surface area contributed by atoms with Crippen LogP contribution in [0.4, 0.5) is 0 Å². The summed E-state index contributed by atoms with van der Waals surface area (Å²) in [4.78, 5) is 21.2. The molecule has 0 bridgehead atoms. The first-order valence-corrected chi connectivity index (χ1v) is 3.90. The van der Waals surface area contributed by atoms with Gasteiger partial charge in [0.2, 0.25) is 0 Å². The number of hydrogen-bond acceptors (Lipinski definition) is 4. The van der Waals surface area contributed by atoms with Gasteiger partial charge in [-0.05, 0) is 21.0 Å². The highest BCUT2D eigenvalue weighted by Crippen LogP contribution is 1.70. The summed E-state index contributed by atoms with van der Waals surface area (Å²) in [6.45, 7) is 3.76. The molecule has 0 aromatic heterocycles. The first kappa shape index (κ1) is 14.4. The first-order chi connectivity index (χ1) is 5.90. The minimum atomic E-state index is -0.787. The Morgan fingerprint density at radius 2 is 1.85 bits per heavy atom. The van der Waals surface area contributed by atoms with E-state index < -0.39 is 5.97 Å². The number of ether oxygens (including phenoxy) is 1. The molecule has 5 nitrogen and oxygen atoms in total. The number of likely N-dealkylation sites (N-methyl/N-ethyl adjacent to an activating group) is 1. The molecule has 0 heterocycles. The van der Waals surface area contributed by atoms with Crippen LogP contribution in [-0.2, 0) is 14.3 Å². The van der Waals surface area contributed by atoms with Crippen LogP contribution in [0.1, 0.15) is 13.8 Å². The molecule has 0 radical (unpaired) electrons. The molecule has 0 aliphatic rings. The van der Waals surface area contributed by atoms with Gasteiger partial charge in [0, 0.05) is 6.92 Å². The number of carbonyl (C=O) groups excluding carboxylic acids is 1. The Morgan fingerprint density at radius 3 is 1.85 bits per heavy atom. The third-order valence-electron chi connectivity index (χ3n) is 0.799. The molecule has 5 heteroatoms. The SMILES string of the molecule is CCOC(C)=O.CN(C)CC(=O)O. The molecule has 78 valence electrons. The largest absolute Gasteiger partial charge is 0.480 e. The number of carboxylic acids is 1. The van der Waals surface area contributed by atoms with Crippen molar-refractivity contribution >= 4 is 11.9 Å². The second-order valence-electron chi connectivity index (χ2n) is 2.56. The summed E-state index contributed by atoms with van der Waals surface area (Å²) in [5.74, 6) is -0.998. The summed E-state index contributed by atoms with van der Waals surface area (Å²) < 4.78 is 4.40. The van der Waals surface area contributed by atoms with Crippen LogP contribution in [0.3, 0.4) is 0 Å². The molecule has 0 rings (SSSR count). The maximum absolute atomic E-state index is 9.82. The first-order valence-electron chi connectivity index (χ1n) is 3.90. The second kappa shape index (κ2) is 8.99. The molecule has 0 aromatic rings. The van der Waals surface area contributed by atoms with E-state index in [2.05, 4.69) is 4.74 Å². The van der Waals surface area contributed by atoms with Crippen molar-refractivity contribution < 1.29 is 19.4 Å². The Balaban J connectivity index is 0. The minimum absolute atomic E-state index is 0.111. The number of carboxylic acid groups (broad SMARTS) is 1. The summed E-state index contributed by atoms with van der Waals surface area (Å²) in [7, 11) is 3.43. The lowest BCUT2D eigenvalue weighted by molar-refractivity contribution is -0.140. The quantitative estimate of drug-likeness (QED) is 0.645. The van der Waals surface area contributed by atoms with Gasteiger partial charge in [0.05, 0.1) is 13.2 Å². The molecule has 0 spiro atoms. The van der Waals surface area contributed by atoms with Crippen molar-refractivity contribution in [1.82, 2.24) is 4.90 Å². The maximum Gasteiger partial charge on any atom is 0.317 e. The van der Waals surface area contributed by atoms with E-state index in [-0.39, 0.29) is 12.5 Å². The van der Waals surface area contributed by atoms with Crippen molar-refractivity contribution in [3.8, 4) is 0 Å². The molecule has 0 aliphatic carbocycles. The zero-order valence-corrected chi connectivity index (χ0v) is 8.53. The average Bonchev–Trinajstić information content (AvgIpc) is 1.83. The van der Waals surface area contributed by atoms with Crippen molar-refractivity contribution in [2.24, 2.45) is 0 Å². The Labute approximate surface area is 78.3 Å². The Morgan fingerprint density at radius 1 is 1.38 bits per heavy atom. The molecule has 0 aromatic carbocycles. The van der Waals surface area contributed by atoms with E-state index in [0.717, 1.165) is 0 Å². The molecule has 0 unspecified atom stereocenters. The highest BCUT2D eigenvalue weighted by atomic mass is 16.5. The molecule has 0 atom stereocenters. The number of rotatable bonds is 3. The molecule has 0 aliphatic heterocycles. The Bertz CT molecular complexity index is 156. The van der Waals surface area contributed by atoms with Crippen LogP contribution in [0.25, 0.3) is 0 Å². The van der Waals surface area contributed by atoms with Gasteiger partial charge in [0.25, 0.3) is 0 Å². The lowest BCUT2D eigenvalue weighted by Crippen LogP contribution is -2.20. The highest BCUT2D eigenvalue weighted by Gasteiger charge is 1.94. The molecule has 13 heavy (non-hydrogen) atoms. The van der Waals surface area contributed by atoms with E-state index in [9.17, 15) is 9.59 Å². The number of hydrogen-bond donors (Lipinski definition) is 1. The van der Waals surface area contributed by atoms with Crippen LogP contribution in [0.5, 0.6) is 0 Å². The molecule has 0 amide bonds. The van der Waals surface area contributed by atoms with Crippen molar-refractivity contribution in [2.75, 3.05) is 27.2 Å². The van der Waals surface area contributed by atoms with Crippen LogP contribution < -0.4 is 0 Å². The smallest absolute Gasteiger partial charge is 0.317 e. The minimum Gasteiger partial charge on any atom is -0.480 e. The molecular formula is C8H17NO4. The lowest BCUT2D eigenvalue weighted by atomic mass is 10.6. The molecule has 0 saturated heterocycles. The predicted octanol–water partition coefficient (Wildman–Crippen LogP) is 0.202. The van der Waals surface area contributed by atoms with Gasteiger partial charge in [-0.15, -0.1) is 0 Å². The lowest BCUT2D eigenvalue weighted by Gasteiger charge is -2.01. The van der Waals surface area contributed by atoms with Crippen LogP contribution in [0.15, 0.2) is 0 Å². The van der Waals surface area contributed by atoms with Crippen molar-refractivity contribution in [3.05, 3.63) is 0 Å². The fourth-order valence-electron chi connectivity index (χ4n) is 0.474. The molecule has 0 fully saturated rings. The van der Waals surface area contributed by atoms with Gasteiger partial charge < -0.3 is 9.84 Å². The zero-order chi connectivity index (χ0) is 10.9. The van der Waals surface area contributed by atoms with E-state index in [0.29, 0.717) is 6.61 Å². The van der Waals surface area contributed by atoms with Crippen LogP contribution in [0.2, 0.25) is 0 Å².